The van der Waals surface area contributed by atoms with Gasteiger partial charge in [0.2, 0.25) is 0 Å². The minimum atomic E-state index is -1.88. The number of cyclic esters (lactones) is 1. The van der Waals surface area contributed by atoms with Crippen molar-refractivity contribution < 1.29 is 24.6 Å². The van der Waals surface area contributed by atoms with Gasteiger partial charge >= 0.3 is 5.97 Å². The van der Waals surface area contributed by atoms with Gasteiger partial charge in [0, 0.05) is 6.42 Å². The highest BCUT2D eigenvalue weighted by Gasteiger charge is 2.44. The molecule has 0 bridgehead atoms. The molecule has 0 fully saturated rings. The van der Waals surface area contributed by atoms with Crippen LogP contribution >= 0.6 is 0 Å². The molecule has 170 valence electrons. The summed E-state index contributed by atoms with van der Waals surface area (Å²) in [7, 11) is 0. The lowest BCUT2D eigenvalue weighted by Gasteiger charge is -2.33. The van der Waals surface area contributed by atoms with Crippen molar-refractivity contribution in [3.8, 4) is 0 Å². The van der Waals surface area contributed by atoms with Crippen molar-refractivity contribution in [2.24, 2.45) is 17.0 Å². The first-order valence-corrected chi connectivity index (χ1v) is 10.8. The summed E-state index contributed by atoms with van der Waals surface area (Å²) in [5.41, 5.74) is 1.18. The smallest absolute Gasteiger partial charge is 0.312 e. The standard InChI is InChI=1S/C24H39NO5/c1-8-10-29-25-22-14-18(5)12-16(3)11-17(4)13-19(6)21(9-2)30-23(27)20(7)24(22,28)15-26/h12-13,16,20-21,26,28H,4,8-11,14-15H2,1-3,5-7H3/b18-12+,19-13+,25-22+/t16-,20-,21-,24?/m0/s1. The second-order valence-corrected chi connectivity index (χ2v) is 8.43. The minimum Gasteiger partial charge on any atom is -0.458 e. The number of oxime groups is 1. The summed E-state index contributed by atoms with van der Waals surface area (Å²) in [6.07, 6.45) is 6.05. The number of aliphatic hydroxyl groups excluding tert-OH is 1. The molecule has 0 aliphatic carbocycles. The zero-order valence-electron chi connectivity index (χ0n) is 19.4. The summed E-state index contributed by atoms with van der Waals surface area (Å²) in [6, 6.07) is 0. The zero-order chi connectivity index (χ0) is 22.9. The van der Waals surface area contributed by atoms with Gasteiger partial charge in [-0.2, -0.15) is 0 Å². The normalized spacial score (nSPS) is 34.4. The number of carbonyl (C=O) groups is 1. The van der Waals surface area contributed by atoms with Crippen LogP contribution in [0.4, 0.5) is 0 Å². The molecule has 0 aromatic carbocycles. The molecule has 6 heteroatoms. The van der Waals surface area contributed by atoms with Crippen molar-refractivity contribution in [1.29, 1.82) is 0 Å². The molecule has 1 aliphatic rings. The lowest BCUT2D eigenvalue weighted by Crippen LogP contribution is -2.52. The van der Waals surface area contributed by atoms with Gasteiger partial charge in [-0.3, -0.25) is 4.79 Å². The Bertz CT molecular complexity index is 694. The second-order valence-electron chi connectivity index (χ2n) is 8.43. The highest BCUT2D eigenvalue weighted by atomic mass is 16.6. The van der Waals surface area contributed by atoms with Crippen LogP contribution in [0.5, 0.6) is 0 Å². The fraction of sp³-hybridized carbons (Fsp3) is 0.667. The Morgan fingerprint density at radius 1 is 1.33 bits per heavy atom. The molecule has 0 aromatic rings. The van der Waals surface area contributed by atoms with Crippen LogP contribution in [0, 0.1) is 11.8 Å². The average molecular weight is 422 g/mol. The number of hydrogen-bond donors (Lipinski definition) is 2. The maximum Gasteiger partial charge on any atom is 0.312 e. The maximum atomic E-state index is 12.9. The molecule has 1 unspecified atom stereocenters. The summed E-state index contributed by atoms with van der Waals surface area (Å²) in [5.74, 6) is -1.39. The number of aliphatic hydroxyl groups is 2. The molecule has 0 aromatic heterocycles. The summed E-state index contributed by atoms with van der Waals surface area (Å²) in [6.45, 7) is 15.3. The van der Waals surface area contributed by atoms with E-state index in [1.807, 2.05) is 33.8 Å². The van der Waals surface area contributed by atoms with Gasteiger partial charge in [0.25, 0.3) is 0 Å². The number of nitrogens with zero attached hydrogens (tertiary/aromatic N) is 1. The number of ether oxygens (including phenoxy) is 1. The number of rotatable bonds is 5. The molecule has 6 nitrogen and oxygen atoms in total. The third-order valence-electron chi connectivity index (χ3n) is 5.45. The van der Waals surface area contributed by atoms with Crippen molar-refractivity contribution >= 4 is 11.7 Å². The minimum absolute atomic E-state index is 0.222. The Balaban J connectivity index is 3.47. The highest BCUT2D eigenvalue weighted by Crippen LogP contribution is 2.28. The van der Waals surface area contributed by atoms with Crippen LogP contribution in [-0.2, 0) is 14.4 Å². The Labute approximate surface area is 181 Å². The van der Waals surface area contributed by atoms with Gasteiger partial charge in [0.15, 0.2) is 0 Å². The Kier molecular flexibility index (Phi) is 10.5. The lowest BCUT2D eigenvalue weighted by molar-refractivity contribution is -0.159. The number of esters is 1. The van der Waals surface area contributed by atoms with Crippen molar-refractivity contribution in [2.75, 3.05) is 13.2 Å². The number of allylic oxidation sites excluding steroid dienone is 4. The van der Waals surface area contributed by atoms with Crippen molar-refractivity contribution in [3.05, 3.63) is 35.5 Å². The largest absolute Gasteiger partial charge is 0.458 e. The van der Waals surface area contributed by atoms with Gasteiger partial charge in [-0.1, -0.05) is 55.8 Å². The van der Waals surface area contributed by atoms with E-state index in [-0.39, 0.29) is 18.1 Å². The Morgan fingerprint density at radius 2 is 2.00 bits per heavy atom. The van der Waals surface area contributed by atoms with Gasteiger partial charge in [-0.25, -0.2) is 0 Å². The molecular weight excluding hydrogens is 382 g/mol. The first-order valence-electron chi connectivity index (χ1n) is 10.8. The van der Waals surface area contributed by atoms with Crippen LogP contribution in [0.2, 0.25) is 0 Å². The molecule has 2 N–H and O–H groups in total. The van der Waals surface area contributed by atoms with E-state index in [9.17, 15) is 15.0 Å². The van der Waals surface area contributed by atoms with Crippen molar-refractivity contribution in [3.63, 3.8) is 0 Å². The molecule has 1 rings (SSSR count). The maximum absolute atomic E-state index is 12.9. The van der Waals surface area contributed by atoms with Crippen LogP contribution in [0.1, 0.15) is 67.2 Å². The molecule has 30 heavy (non-hydrogen) atoms. The SMILES string of the molecule is C=C1/C=C(\C)[C@H](CC)OC(=O)[C@H](C)C(O)(CO)/C(=N/OCCC)C/C(C)=C/[C@@H](C)C1. The second kappa shape index (κ2) is 12.1. The summed E-state index contributed by atoms with van der Waals surface area (Å²) in [4.78, 5) is 18.2. The van der Waals surface area contributed by atoms with Gasteiger partial charge in [0.1, 0.15) is 18.3 Å². The van der Waals surface area contributed by atoms with E-state index in [2.05, 4.69) is 24.7 Å². The molecule has 4 atom stereocenters. The molecule has 0 saturated carbocycles. The summed E-state index contributed by atoms with van der Waals surface area (Å²) < 4.78 is 5.71. The fourth-order valence-electron chi connectivity index (χ4n) is 3.65. The predicted molar refractivity (Wildman–Crippen MR) is 120 cm³/mol. The molecule has 1 heterocycles. The third-order valence-corrected chi connectivity index (χ3v) is 5.45. The van der Waals surface area contributed by atoms with E-state index in [1.54, 1.807) is 6.92 Å². The van der Waals surface area contributed by atoms with Crippen LogP contribution in [0.25, 0.3) is 0 Å². The first kappa shape index (κ1) is 26.1. The van der Waals surface area contributed by atoms with E-state index in [1.165, 1.54) is 0 Å². The molecule has 1 aliphatic heterocycles. The van der Waals surface area contributed by atoms with Crippen molar-refractivity contribution in [2.45, 2.75) is 78.9 Å². The van der Waals surface area contributed by atoms with E-state index < -0.39 is 30.2 Å². The van der Waals surface area contributed by atoms with E-state index in [0.717, 1.165) is 29.6 Å². The first-order chi connectivity index (χ1) is 14.1. The van der Waals surface area contributed by atoms with Crippen molar-refractivity contribution in [1.82, 2.24) is 0 Å². The topological polar surface area (TPSA) is 88.4 Å². The number of carbonyl (C=O) groups excluding carboxylic acids is 1. The fourth-order valence-corrected chi connectivity index (χ4v) is 3.65. The highest BCUT2D eigenvalue weighted by molar-refractivity contribution is 5.97. The van der Waals surface area contributed by atoms with Gasteiger partial charge < -0.3 is 19.8 Å². The Morgan fingerprint density at radius 3 is 2.57 bits per heavy atom. The number of hydrogen-bond acceptors (Lipinski definition) is 6. The quantitative estimate of drug-likeness (QED) is 0.299. The van der Waals surface area contributed by atoms with Gasteiger partial charge in [-0.05, 0) is 51.5 Å². The van der Waals surface area contributed by atoms with Crippen LogP contribution in [0.3, 0.4) is 0 Å². The molecule has 0 radical (unpaired) electrons. The molecule has 0 amide bonds. The molecular formula is C24H39NO5. The third kappa shape index (κ3) is 7.10. The van der Waals surface area contributed by atoms with Gasteiger partial charge in [0.05, 0.1) is 18.2 Å². The van der Waals surface area contributed by atoms with E-state index >= 15 is 0 Å². The van der Waals surface area contributed by atoms with E-state index in [0.29, 0.717) is 13.0 Å². The molecule has 0 saturated heterocycles. The lowest BCUT2D eigenvalue weighted by atomic mass is 9.81. The zero-order valence-corrected chi connectivity index (χ0v) is 19.4. The van der Waals surface area contributed by atoms with Crippen LogP contribution in [0.15, 0.2) is 40.6 Å². The van der Waals surface area contributed by atoms with E-state index in [4.69, 9.17) is 9.57 Å². The van der Waals surface area contributed by atoms with Gasteiger partial charge in [-0.15, -0.1) is 0 Å². The molecule has 0 spiro atoms. The van der Waals surface area contributed by atoms with Crippen LogP contribution < -0.4 is 0 Å². The summed E-state index contributed by atoms with van der Waals surface area (Å²) in [5, 5.41) is 25.5. The van der Waals surface area contributed by atoms with Crippen LogP contribution in [-0.4, -0.2) is 46.8 Å². The Hall–Kier alpha value is -1.92. The predicted octanol–water partition coefficient (Wildman–Crippen LogP) is 4.33. The monoisotopic (exact) mass is 421 g/mol. The summed E-state index contributed by atoms with van der Waals surface area (Å²) >= 11 is 0. The average Bonchev–Trinajstić information content (AvgIpc) is 2.68.